The predicted octanol–water partition coefficient (Wildman–Crippen LogP) is -0.420. The first-order chi connectivity index (χ1) is 6.88. The summed E-state index contributed by atoms with van der Waals surface area (Å²) in [4.78, 5) is 13.3. The van der Waals surface area contributed by atoms with Crippen molar-refractivity contribution in [2.45, 2.75) is 31.9 Å². The van der Waals surface area contributed by atoms with E-state index >= 15 is 0 Å². The Labute approximate surface area is 91.2 Å². The van der Waals surface area contributed by atoms with Crippen molar-refractivity contribution in [1.29, 1.82) is 0 Å². The van der Waals surface area contributed by atoms with Gasteiger partial charge in [0.15, 0.2) is 0 Å². The van der Waals surface area contributed by atoms with Crippen LogP contribution in [0.25, 0.3) is 0 Å². The lowest BCUT2D eigenvalue weighted by Crippen LogP contribution is -2.48. The number of likely N-dealkylation sites (N-methyl/N-ethyl adjacent to an activating group) is 1. The maximum absolute atomic E-state index is 11.8. The van der Waals surface area contributed by atoms with Gasteiger partial charge in [0.25, 0.3) is 0 Å². The molecule has 0 rings (SSSR count). The van der Waals surface area contributed by atoms with Crippen LogP contribution in [-0.2, 0) is 9.53 Å². The van der Waals surface area contributed by atoms with Crippen LogP contribution in [0.2, 0.25) is 0 Å². The quantitative estimate of drug-likeness (QED) is 0.635. The fourth-order valence-corrected chi connectivity index (χ4v) is 1.04. The first-order valence-corrected chi connectivity index (χ1v) is 4.99. The normalized spacial score (nSPS) is 13.7. The smallest absolute Gasteiger partial charge is 0.225 e. The average molecular weight is 218 g/mol. The lowest BCUT2D eigenvalue weighted by molar-refractivity contribution is -0.138. The minimum absolute atomic E-state index is 0.0739. The van der Waals surface area contributed by atoms with Gasteiger partial charge in [-0.15, -0.1) is 0 Å². The Morgan fingerprint density at radius 1 is 1.60 bits per heavy atom. The molecule has 5 heteroatoms. The highest BCUT2D eigenvalue weighted by atomic mass is 16.5. The average Bonchev–Trinajstić information content (AvgIpc) is 2.24. The standard InChI is InChI=1S/C10H22N2O3/c1-10(2,7-13)12(3)9(14)5-8(6-11)15-4/h8,13H,5-7,11H2,1-4H3. The molecule has 0 aromatic carbocycles. The van der Waals surface area contributed by atoms with Gasteiger partial charge in [-0.1, -0.05) is 0 Å². The summed E-state index contributed by atoms with van der Waals surface area (Å²) in [5.74, 6) is -0.0775. The zero-order valence-electron chi connectivity index (χ0n) is 9.99. The maximum atomic E-state index is 11.8. The molecule has 0 aromatic heterocycles. The van der Waals surface area contributed by atoms with Crippen LogP contribution < -0.4 is 5.73 Å². The van der Waals surface area contributed by atoms with E-state index in [1.807, 2.05) is 0 Å². The molecular formula is C10H22N2O3. The van der Waals surface area contributed by atoms with Crippen LogP contribution in [-0.4, -0.2) is 54.9 Å². The van der Waals surface area contributed by atoms with E-state index in [0.717, 1.165) is 0 Å². The number of carbonyl (C=O) groups excluding carboxylic acids is 1. The van der Waals surface area contributed by atoms with Crippen molar-refractivity contribution in [3.05, 3.63) is 0 Å². The summed E-state index contributed by atoms with van der Waals surface area (Å²) in [6.45, 7) is 3.84. The second kappa shape index (κ2) is 6.05. The summed E-state index contributed by atoms with van der Waals surface area (Å²) in [6, 6.07) is 0. The van der Waals surface area contributed by atoms with Crippen molar-refractivity contribution in [3.63, 3.8) is 0 Å². The number of amides is 1. The molecule has 90 valence electrons. The zero-order valence-corrected chi connectivity index (χ0v) is 9.99. The molecule has 3 N–H and O–H groups in total. The number of carbonyl (C=O) groups is 1. The molecule has 1 atom stereocenters. The van der Waals surface area contributed by atoms with Gasteiger partial charge in [0.1, 0.15) is 0 Å². The second-order valence-corrected chi connectivity index (χ2v) is 4.22. The van der Waals surface area contributed by atoms with Crippen molar-refractivity contribution in [2.75, 3.05) is 27.3 Å². The largest absolute Gasteiger partial charge is 0.394 e. The first kappa shape index (κ1) is 14.3. The van der Waals surface area contributed by atoms with Crippen LogP contribution in [0.15, 0.2) is 0 Å². The molecule has 5 nitrogen and oxygen atoms in total. The van der Waals surface area contributed by atoms with Crippen LogP contribution >= 0.6 is 0 Å². The Morgan fingerprint density at radius 2 is 2.13 bits per heavy atom. The molecule has 0 spiro atoms. The highest BCUT2D eigenvalue weighted by molar-refractivity contribution is 5.77. The van der Waals surface area contributed by atoms with E-state index in [2.05, 4.69) is 0 Å². The van der Waals surface area contributed by atoms with Gasteiger partial charge < -0.3 is 20.5 Å². The molecule has 0 aliphatic heterocycles. The van der Waals surface area contributed by atoms with Crippen molar-refractivity contribution in [2.24, 2.45) is 5.73 Å². The summed E-state index contributed by atoms with van der Waals surface area (Å²) >= 11 is 0. The van der Waals surface area contributed by atoms with Crippen molar-refractivity contribution < 1.29 is 14.6 Å². The number of nitrogens with zero attached hydrogens (tertiary/aromatic N) is 1. The number of aliphatic hydroxyl groups excluding tert-OH is 1. The van der Waals surface area contributed by atoms with Crippen LogP contribution in [0.4, 0.5) is 0 Å². The van der Waals surface area contributed by atoms with Crippen LogP contribution in [0.1, 0.15) is 20.3 Å². The Kier molecular flexibility index (Phi) is 5.79. The molecule has 0 heterocycles. The summed E-state index contributed by atoms with van der Waals surface area (Å²) < 4.78 is 5.03. The van der Waals surface area contributed by atoms with Gasteiger partial charge in [-0.3, -0.25) is 4.79 Å². The third kappa shape index (κ3) is 4.15. The lowest BCUT2D eigenvalue weighted by Gasteiger charge is -2.34. The van der Waals surface area contributed by atoms with Crippen molar-refractivity contribution in [1.82, 2.24) is 4.90 Å². The summed E-state index contributed by atoms with van der Waals surface area (Å²) in [5, 5.41) is 9.11. The summed E-state index contributed by atoms with van der Waals surface area (Å²) in [6.07, 6.45) is -0.0122. The topological polar surface area (TPSA) is 75.8 Å². The van der Waals surface area contributed by atoms with E-state index in [0.29, 0.717) is 6.54 Å². The zero-order chi connectivity index (χ0) is 12.1. The Bertz CT molecular complexity index is 203. The molecule has 0 fully saturated rings. The highest BCUT2D eigenvalue weighted by Crippen LogP contribution is 2.13. The summed E-state index contributed by atoms with van der Waals surface area (Å²) in [7, 11) is 3.20. The number of rotatable bonds is 6. The lowest BCUT2D eigenvalue weighted by atomic mass is 10.0. The molecule has 0 saturated heterocycles. The van der Waals surface area contributed by atoms with Crippen molar-refractivity contribution >= 4 is 5.91 Å². The third-order valence-electron chi connectivity index (χ3n) is 2.67. The van der Waals surface area contributed by atoms with Gasteiger partial charge in [-0.05, 0) is 13.8 Å². The van der Waals surface area contributed by atoms with Gasteiger partial charge in [0.05, 0.1) is 24.7 Å². The summed E-state index contributed by atoms with van der Waals surface area (Å²) in [5.41, 5.74) is 4.88. The van der Waals surface area contributed by atoms with Gasteiger partial charge in [-0.2, -0.15) is 0 Å². The maximum Gasteiger partial charge on any atom is 0.225 e. The van der Waals surface area contributed by atoms with Crippen molar-refractivity contribution in [3.8, 4) is 0 Å². The van der Waals surface area contributed by atoms with Gasteiger partial charge in [-0.25, -0.2) is 0 Å². The van der Waals surface area contributed by atoms with Gasteiger partial charge >= 0.3 is 0 Å². The highest BCUT2D eigenvalue weighted by Gasteiger charge is 2.27. The van der Waals surface area contributed by atoms with E-state index in [9.17, 15) is 4.79 Å². The molecule has 0 radical (unpaired) electrons. The fraction of sp³-hybridized carbons (Fsp3) is 0.900. The molecule has 0 saturated carbocycles. The number of nitrogens with two attached hydrogens (primary N) is 1. The molecule has 15 heavy (non-hydrogen) atoms. The van der Waals surface area contributed by atoms with Crippen LogP contribution in [0.3, 0.4) is 0 Å². The molecular weight excluding hydrogens is 196 g/mol. The van der Waals surface area contributed by atoms with E-state index in [-0.39, 0.29) is 25.0 Å². The fourth-order valence-electron chi connectivity index (χ4n) is 1.04. The Balaban J connectivity index is 4.33. The number of hydrogen-bond acceptors (Lipinski definition) is 4. The second-order valence-electron chi connectivity index (χ2n) is 4.22. The SMILES string of the molecule is COC(CN)CC(=O)N(C)C(C)(C)CO. The minimum atomic E-state index is -0.552. The third-order valence-corrected chi connectivity index (χ3v) is 2.67. The Hall–Kier alpha value is -0.650. The van der Waals surface area contributed by atoms with Crippen LogP contribution in [0, 0.1) is 0 Å². The van der Waals surface area contributed by atoms with E-state index in [1.165, 1.54) is 12.0 Å². The van der Waals surface area contributed by atoms with E-state index in [1.54, 1.807) is 20.9 Å². The number of ether oxygens (including phenoxy) is 1. The Morgan fingerprint density at radius 3 is 2.47 bits per heavy atom. The molecule has 0 aliphatic carbocycles. The van der Waals surface area contributed by atoms with Crippen LogP contribution in [0.5, 0.6) is 0 Å². The number of aliphatic hydroxyl groups is 1. The number of hydrogen-bond donors (Lipinski definition) is 2. The van der Waals surface area contributed by atoms with Gasteiger partial charge in [0, 0.05) is 20.7 Å². The molecule has 1 unspecified atom stereocenters. The predicted molar refractivity (Wildman–Crippen MR) is 58.4 cm³/mol. The van der Waals surface area contributed by atoms with E-state index < -0.39 is 5.54 Å². The molecule has 0 aromatic rings. The first-order valence-electron chi connectivity index (χ1n) is 4.99. The monoisotopic (exact) mass is 218 g/mol. The molecule has 1 amide bonds. The van der Waals surface area contributed by atoms with Gasteiger partial charge in [0.2, 0.25) is 5.91 Å². The number of methoxy groups -OCH3 is 1. The molecule has 0 aliphatic rings. The minimum Gasteiger partial charge on any atom is -0.394 e. The van der Waals surface area contributed by atoms with E-state index in [4.69, 9.17) is 15.6 Å². The molecule has 0 bridgehead atoms.